The van der Waals surface area contributed by atoms with E-state index in [0.717, 1.165) is 18.6 Å². The van der Waals surface area contributed by atoms with Crippen LogP contribution in [-0.2, 0) is 16.0 Å². The molecule has 1 saturated heterocycles. The molecular formula is C15H21NO3. The fourth-order valence-electron chi connectivity index (χ4n) is 2.33. The van der Waals surface area contributed by atoms with Crippen molar-refractivity contribution in [3.05, 3.63) is 29.8 Å². The van der Waals surface area contributed by atoms with E-state index in [0.29, 0.717) is 13.0 Å². The van der Waals surface area contributed by atoms with Crippen LogP contribution in [-0.4, -0.2) is 31.8 Å². The second-order valence-corrected chi connectivity index (χ2v) is 4.85. The van der Waals surface area contributed by atoms with Crippen molar-refractivity contribution in [2.45, 2.75) is 38.3 Å². The van der Waals surface area contributed by atoms with Crippen LogP contribution in [0.25, 0.3) is 0 Å². The first-order valence-electron chi connectivity index (χ1n) is 6.79. The molecule has 1 aromatic carbocycles. The van der Waals surface area contributed by atoms with Crippen LogP contribution in [0.3, 0.4) is 0 Å². The van der Waals surface area contributed by atoms with Crippen LogP contribution in [0, 0.1) is 0 Å². The van der Waals surface area contributed by atoms with Crippen molar-refractivity contribution in [2.75, 3.05) is 13.7 Å². The summed E-state index contributed by atoms with van der Waals surface area (Å²) >= 11 is 0. The number of nitrogens with one attached hydrogen (secondary N) is 1. The number of methoxy groups -OCH3 is 1. The Morgan fingerprint density at radius 2 is 2.11 bits per heavy atom. The lowest BCUT2D eigenvalue weighted by Gasteiger charge is -2.13. The largest absolute Gasteiger partial charge is 0.489 e. The Labute approximate surface area is 114 Å². The summed E-state index contributed by atoms with van der Waals surface area (Å²) in [6.45, 7) is 2.85. The van der Waals surface area contributed by atoms with Crippen molar-refractivity contribution in [3.8, 4) is 5.75 Å². The summed E-state index contributed by atoms with van der Waals surface area (Å²) in [7, 11) is 1.41. The minimum atomic E-state index is -0.241. The number of carbonyl (C=O) groups excluding carboxylic acids is 1. The monoisotopic (exact) mass is 263 g/mol. The van der Waals surface area contributed by atoms with Gasteiger partial charge in [0.25, 0.3) is 0 Å². The molecule has 0 radical (unpaired) electrons. The maximum Gasteiger partial charge on any atom is 0.323 e. The zero-order chi connectivity index (χ0) is 13.7. The summed E-state index contributed by atoms with van der Waals surface area (Å²) in [5.74, 6) is 0.640. The van der Waals surface area contributed by atoms with Crippen molar-refractivity contribution in [1.82, 2.24) is 5.32 Å². The van der Waals surface area contributed by atoms with Crippen molar-refractivity contribution in [1.29, 1.82) is 0 Å². The van der Waals surface area contributed by atoms with Gasteiger partial charge in [0.05, 0.1) is 7.11 Å². The third-order valence-corrected chi connectivity index (χ3v) is 3.34. The fourth-order valence-corrected chi connectivity index (χ4v) is 2.33. The van der Waals surface area contributed by atoms with Gasteiger partial charge in [-0.1, -0.05) is 25.5 Å². The van der Waals surface area contributed by atoms with E-state index in [-0.39, 0.29) is 18.1 Å². The van der Waals surface area contributed by atoms with Crippen molar-refractivity contribution >= 4 is 5.97 Å². The van der Waals surface area contributed by atoms with Crippen LogP contribution in [0.15, 0.2) is 24.3 Å². The van der Waals surface area contributed by atoms with Gasteiger partial charge in [-0.25, -0.2) is 0 Å². The number of hydrogen-bond donors (Lipinski definition) is 1. The summed E-state index contributed by atoms with van der Waals surface area (Å²) < 4.78 is 10.6. The first-order chi connectivity index (χ1) is 9.22. The Bertz CT molecular complexity index is 416. The van der Waals surface area contributed by atoms with Crippen LogP contribution < -0.4 is 10.1 Å². The van der Waals surface area contributed by atoms with Crippen molar-refractivity contribution < 1.29 is 14.3 Å². The molecule has 0 bridgehead atoms. The van der Waals surface area contributed by atoms with E-state index >= 15 is 0 Å². The number of esters is 1. The van der Waals surface area contributed by atoms with Crippen molar-refractivity contribution in [2.24, 2.45) is 0 Å². The highest BCUT2D eigenvalue weighted by Crippen LogP contribution is 2.19. The van der Waals surface area contributed by atoms with E-state index in [1.54, 1.807) is 0 Å². The first kappa shape index (κ1) is 13.9. The second-order valence-electron chi connectivity index (χ2n) is 4.85. The molecule has 0 saturated carbocycles. The predicted octanol–water partition coefficient (Wildman–Crippen LogP) is 1.92. The molecule has 1 aliphatic rings. The van der Waals surface area contributed by atoms with E-state index < -0.39 is 0 Å². The van der Waals surface area contributed by atoms with E-state index in [1.165, 1.54) is 12.7 Å². The Hall–Kier alpha value is -1.55. The summed E-state index contributed by atoms with van der Waals surface area (Å²) in [5, 5.41) is 3.11. The molecule has 4 nitrogen and oxygen atoms in total. The molecule has 1 aliphatic heterocycles. The van der Waals surface area contributed by atoms with Gasteiger partial charge >= 0.3 is 5.97 Å². The number of aryl methyl sites for hydroxylation is 1. The molecule has 1 fully saturated rings. The normalized spacial score (nSPS) is 22.2. The van der Waals surface area contributed by atoms with Crippen LogP contribution in [0.1, 0.15) is 25.3 Å². The first-order valence-corrected chi connectivity index (χ1v) is 6.79. The molecule has 0 amide bonds. The molecule has 1 aromatic rings. The van der Waals surface area contributed by atoms with E-state index in [2.05, 4.69) is 24.4 Å². The third-order valence-electron chi connectivity index (χ3n) is 3.34. The third kappa shape index (κ3) is 3.70. The molecule has 0 spiro atoms. The van der Waals surface area contributed by atoms with Crippen LogP contribution in [0.2, 0.25) is 0 Å². The second kappa shape index (κ2) is 6.57. The number of benzene rings is 1. The van der Waals surface area contributed by atoms with Gasteiger partial charge in [-0.2, -0.15) is 0 Å². The van der Waals surface area contributed by atoms with E-state index in [9.17, 15) is 4.79 Å². The van der Waals surface area contributed by atoms with Gasteiger partial charge in [0, 0.05) is 13.0 Å². The summed E-state index contributed by atoms with van der Waals surface area (Å²) in [6.07, 6.45) is 2.92. The molecule has 1 N–H and O–H groups in total. The highest BCUT2D eigenvalue weighted by Gasteiger charge is 2.31. The van der Waals surface area contributed by atoms with Crippen molar-refractivity contribution in [3.63, 3.8) is 0 Å². The summed E-state index contributed by atoms with van der Waals surface area (Å²) in [6, 6.07) is 7.94. The Kier molecular flexibility index (Phi) is 4.80. The van der Waals surface area contributed by atoms with Crippen LogP contribution in [0.4, 0.5) is 0 Å². The van der Waals surface area contributed by atoms with E-state index in [4.69, 9.17) is 9.47 Å². The number of carbonyl (C=O) groups is 1. The van der Waals surface area contributed by atoms with Gasteiger partial charge in [0.15, 0.2) is 0 Å². The van der Waals surface area contributed by atoms with E-state index in [1.807, 2.05) is 12.1 Å². The highest BCUT2D eigenvalue weighted by molar-refractivity contribution is 5.76. The number of ether oxygens (including phenoxy) is 2. The topological polar surface area (TPSA) is 47.6 Å². The molecule has 1 heterocycles. The minimum absolute atomic E-state index is 0.0288. The predicted molar refractivity (Wildman–Crippen MR) is 73.3 cm³/mol. The maximum atomic E-state index is 11.4. The average Bonchev–Trinajstić information content (AvgIpc) is 2.89. The smallest absolute Gasteiger partial charge is 0.323 e. The summed E-state index contributed by atoms with van der Waals surface area (Å²) in [4.78, 5) is 11.4. The number of rotatable bonds is 5. The standard InChI is InChI=1S/C15H21NO3/c1-3-4-11-5-7-12(8-6-11)19-13-9-14(16-10-13)15(17)18-2/h5-8,13-14,16H,3-4,9-10H2,1-2H3. The molecule has 2 rings (SSSR count). The molecular weight excluding hydrogens is 242 g/mol. The molecule has 2 unspecified atom stereocenters. The minimum Gasteiger partial charge on any atom is -0.489 e. The highest BCUT2D eigenvalue weighted by atomic mass is 16.5. The average molecular weight is 263 g/mol. The quantitative estimate of drug-likeness (QED) is 0.825. The zero-order valence-corrected chi connectivity index (χ0v) is 11.5. The van der Waals surface area contributed by atoms with Crippen LogP contribution >= 0.6 is 0 Å². The Morgan fingerprint density at radius 3 is 2.74 bits per heavy atom. The number of hydrogen-bond acceptors (Lipinski definition) is 4. The van der Waals surface area contributed by atoms with Gasteiger partial charge in [-0.05, 0) is 24.1 Å². The van der Waals surface area contributed by atoms with Gasteiger partial charge < -0.3 is 14.8 Å². The van der Waals surface area contributed by atoms with Gasteiger partial charge in [-0.3, -0.25) is 4.79 Å². The molecule has 4 heteroatoms. The molecule has 2 atom stereocenters. The lowest BCUT2D eigenvalue weighted by molar-refractivity contribution is -0.142. The van der Waals surface area contributed by atoms with Gasteiger partial charge in [0.2, 0.25) is 0 Å². The lowest BCUT2D eigenvalue weighted by Crippen LogP contribution is -2.31. The van der Waals surface area contributed by atoms with Gasteiger partial charge in [-0.15, -0.1) is 0 Å². The Morgan fingerprint density at radius 1 is 1.37 bits per heavy atom. The van der Waals surface area contributed by atoms with Crippen LogP contribution in [0.5, 0.6) is 5.75 Å². The molecule has 0 aromatic heterocycles. The lowest BCUT2D eigenvalue weighted by atomic mass is 10.1. The van der Waals surface area contributed by atoms with Gasteiger partial charge in [0.1, 0.15) is 17.9 Å². The maximum absolute atomic E-state index is 11.4. The SMILES string of the molecule is CCCc1ccc(OC2CNC(C(=O)OC)C2)cc1. The molecule has 104 valence electrons. The Balaban J connectivity index is 1.86. The summed E-state index contributed by atoms with van der Waals surface area (Å²) in [5.41, 5.74) is 1.33. The molecule has 19 heavy (non-hydrogen) atoms. The molecule has 0 aliphatic carbocycles. The fraction of sp³-hybridized carbons (Fsp3) is 0.533. The zero-order valence-electron chi connectivity index (χ0n) is 11.5.